The maximum absolute atomic E-state index is 12.5. The van der Waals surface area contributed by atoms with E-state index >= 15 is 0 Å². The summed E-state index contributed by atoms with van der Waals surface area (Å²) >= 11 is 0. The summed E-state index contributed by atoms with van der Waals surface area (Å²) in [6.45, 7) is 2.73. The first kappa shape index (κ1) is 15.7. The summed E-state index contributed by atoms with van der Waals surface area (Å²) in [5.74, 6) is -2.93. The zero-order chi connectivity index (χ0) is 14.2. The van der Waals surface area contributed by atoms with E-state index in [2.05, 4.69) is 0 Å². The summed E-state index contributed by atoms with van der Waals surface area (Å²) in [7, 11) is 0.966. The zero-order valence-electron chi connectivity index (χ0n) is 9.92. The number of rotatable bonds is 3. The Hall–Kier alpha value is -1.31. The van der Waals surface area contributed by atoms with Crippen LogP contribution in [0.1, 0.15) is 20.8 Å². The molecule has 0 aromatic heterocycles. The lowest BCUT2D eigenvalue weighted by molar-refractivity contribution is -0.197. The van der Waals surface area contributed by atoms with Gasteiger partial charge in [0.25, 0.3) is 5.91 Å². The average molecular weight is 256 g/mol. The molecule has 0 saturated carbocycles. The molecule has 8 heteroatoms. The van der Waals surface area contributed by atoms with Crippen LogP contribution in [-0.2, 0) is 9.59 Å². The molecule has 0 aromatic rings. The highest BCUT2D eigenvalue weighted by molar-refractivity contribution is 5.91. The summed E-state index contributed by atoms with van der Waals surface area (Å²) in [6.07, 6.45) is -4.95. The number of carbonyl (C=O) groups is 2. The number of carbonyl (C=O) groups excluding carboxylic acids is 1. The van der Waals surface area contributed by atoms with Crippen LogP contribution in [0, 0.1) is 0 Å². The molecule has 0 heterocycles. The number of halogens is 3. The number of nitrogens with two attached hydrogens (primary N) is 1. The third-order valence-electron chi connectivity index (χ3n) is 2.70. The SMILES string of the molecule is CN(C(=O)C(C)(N)C(F)(F)F)C(C)(C)C(=O)O. The molecule has 0 radical (unpaired) electrons. The van der Waals surface area contributed by atoms with Gasteiger partial charge in [0.2, 0.25) is 0 Å². The van der Waals surface area contributed by atoms with E-state index < -0.39 is 29.1 Å². The molecule has 1 unspecified atom stereocenters. The number of carboxylic acid groups (broad SMARTS) is 1. The third-order valence-corrected chi connectivity index (χ3v) is 2.70. The predicted octanol–water partition coefficient (Wildman–Crippen LogP) is 0.588. The smallest absolute Gasteiger partial charge is 0.415 e. The molecule has 1 amide bonds. The van der Waals surface area contributed by atoms with Crippen molar-refractivity contribution in [2.75, 3.05) is 7.05 Å². The van der Waals surface area contributed by atoms with Gasteiger partial charge < -0.3 is 15.7 Å². The molecule has 0 fully saturated rings. The molecule has 0 spiro atoms. The Bertz CT molecular complexity index is 337. The monoisotopic (exact) mass is 256 g/mol. The van der Waals surface area contributed by atoms with E-state index in [1.54, 1.807) is 0 Å². The minimum Gasteiger partial charge on any atom is -0.480 e. The van der Waals surface area contributed by atoms with E-state index in [1.165, 1.54) is 0 Å². The quantitative estimate of drug-likeness (QED) is 0.774. The van der Waals surface area contributed by atoms with Gasteiger partial charge in [-0.05, 0) is 20.8 Å². The molecule has 0 aliphatic rings. The van der Waals surface area contributed by atoms with Gasteiger partial charge in [-0.25, -0.2) is 4.79 Å². The van der Waals surface area contributed by atoms with Crippen LogP contribution in [0.2, 0.25) is 0 Å². The van der Waals surface area contributed by atoms with Crippen molar-refractivity contribution in [2.24, 2.45) is 5.73 Å². The summed E-state index contributed by atoms with van der Waals surface area (Å²) < 4.78 is 37.5. The highest BCUT2D eigenvalue weighted by Gasteiger charge is 2.56. The first-order chi connectivity index (χ1) is 7.26. The standard InChI is InChI=1S/C9H15F3N2O3/c1-7(2,6(16)17)14(4)5(15)8(3,13)9(10,11)12/h13H2,1-4H3,(H,16,17). The van der Waals surface area contributed by atoms with Gasteiger partial charge in [0.1, 0.15) is 5.54 Å². The molecule has 0 aromatic carbocycles. The molecule has 0 bridgehead atoms. The number of hydrogen-bond donors (Lipinski definition) is 2. The molecular weight excluding hydrogens is 241 g/mol. The molecule has 17 heavy (non-hydrogen) atoms. The number of carboxylic acids is 1. The van der Waals surface area contributed by atoms with Gasteiger partial charge in [-0.3, -0.25) is 4.79 Å². The van der Waals surface area contributed by atoms with Gasteiger partial charge in [-0.1, -0.05) is 0 Å². The van der Waals surface area contributed by atoms with E-state index in [-0.39, 0.29) is 0 Å². The third kappa shape index (κ3) is 2.68. The lowest BCUT2D eigenvalue weighted by Gasteiger charge is -2.37. The molecule has 0 saturated heterocycles. The van der Waals surface area contributed by atoms with Crippen molar-refractivity contribution in [3.05, 3.63) is 0 Å². The van der Waals surface area contributed by atoms with Crippen molar-refractivity contribution in [3.63, 3.8) is 0 Å². The van der Waals surface area contributed by atoms with Gasteiger partial charge in [0, 0.05) is 7.05 Å². The second-order valence-corrected chi connectivity index (χ2v) is 4.43. The van der Waals surface area contributed by atoms with Crippen LogP contribution in [0.25, 0.3) is 0 Å². The Morgan fingerprint density at radius 3 is 1.76 bits per heavy atom. The Labute approximate surface area is 96.4 Å². The lowest BCUT2D eigenvalue weighted by atomic mass is 9.96. The van der Waals surface area contributed by atoms with E-state index in [0.717, 1.165) is 20.9 Å². The van der Waals surface area contributed by atoms with Gasteiger partial charge in [0.15, 0.2) is 5.54 Å². The van der Waals surface area contributed by atoms with Crippen LogP contribution in [0.4, 0.5) is 13.2 Å². The van der Waals surface area contributed by atoms with Crippen molar-refractivity contribution in [1.82, 2.24) is 4.90 Å². The van der Waals surface area contributed by atoms with E-state index in [0.29, 0.717) is 11.8 Å². The normalized spacial score (nSPS) is 16.2. The van der Waals surface area contributed by atoms with E-state index in [9.17, 15) is 22.8 Å². The second-order valence-electron chi connectivity index (χ2n) is 4.43. The molecule has 3 N–H and O–H groups in total. The number of nitrogens with zero attached hydrogens (tertiary/aromatic N) is 1. The molecule has 100 valence electrons. The number of amides is 1. The van der Waals surface area contributed by atoms with Crippen LogP contribution in [0.5, 0.6) is 0 Å². The minimum atomic E-state index is -4.95. The Balaban J connectivity index is 5.29. The fraction of sp³-hybridized carbons (Fsp3) is 0.778. The van der Waals surface area contributed by atoms with Crippen molar-refractivity contribution in [3.8, 4) is 0 Å². The first-order valence-electron chi connectivity index (χ1n) is 4.63. The van der Waals surface area contributed by atoms with Crippen LogP contribution in [-0.4, -0.2) is 46.2 Å². The maximum Gasteiger partial charge on any atom is 0.415 e. The summed E-state index contributed by atoms with van der Waals surface area (Å²) in [4.78, 5) is 22.9. The Kier molecular flexibility index (Phi) is 3.85. The summed E-state index contributed by atoms with van der Waals surface area (Å²) in [5, 5.41) is 8.81. The molecule has 1 atom stereocenters. The number of likely N-dealkylation sites (N-methyl/N-ethyl adjacent to an activating group) is 1. The molecule has 0 rings (SSSR count). The predicted molar refractivity (Wildman–Crippen MR) is 53.1 cm³/mol. The summed E-state index contributed by atoms with van der Waals surface area (Å²) in [5.41, 5.74) is 0.0345. The highest BCUT2D eigenvalue weighted by atomic mass is 19.4. The van der Waals surface area contributed by atoms with Crippen LogP contribution in [0.15, 0.2) is 0 Å². The number of alkyl halides is 3. The fourth-order valence-electron chi connectivity index (χ4n) is 0.867. The summed E-state index contributed by atoms with van der Waals surface area (Å²) in [6, 6.07) is 0. The maximum atomic E-state index is 12.5. The van der Waals surface area contributed by atoms with Gasteiger partial charge >= 0.3 is 12.1 Å². The van der Waals surface area contributed by atoms with Gasteiger partial charge in [-0.15, -0.1) is 0 Å². The molecular formula is C9H15F3N2O3. The van der Waals surface area contributed by atoms with Crippen LogP contribution >= 0.6 is 0 Å². The number of hydrogen-bond acceptors (Lipinski definition) is 3. The largest absolute Gasteiger partial charge is 0.480 e. The van der Waals surface area contributed by atoms with Crippen LogP contribution < -0.4 is 5.73 Å². The van der Waals surface area contributed by atoms with Gasteiger partial charge in [-0.2, -0.15) is 13.2 Å². The minimum absolute atomic E-state index is 0.475. The zero-order valence-corrected chi connectivity index (χ0v) is 9.92. The average Bonchev–Trinajstić information content (AvgIpc) is 2.13. The topological polar surface area (TPSA) is 83.6 Å². The van der Waals surface area contributed by atoms with Crippen LogP contribution in [0.3, 0.4) is 0 Å². The molecule has 5 nitrogen and oxygen atoms in total. The second kappa shape index (κ2) is 4.17. The fourth-order valence-corrected chi connectivity index (χ4v) is 0.867. The molecule has 0 aliphatic heterocycles. The van der Waals surface area contributed by atoms with Gasteiger partial charge in [0.05, 0.1) is 0 Å². The lowest BCUT2D eigenvalue weighted by Crippen LogP contribution is -2.65. The highest BCUT2D eigenvalue weighted by Crippen LogP contribution is 2.31. The van der Waals surface area contributed by atoms with Crippen molar-refractivity contribution >= 4 is 11.9 Å². The van der Waals surface area contributed by atoms with Crippen molar-refractivity contribution in [2.45, 2.75) is 38.0 Å². The molecule has 0 aliphatic carbocycles. The van der Waals surface area contributed by atoms with E-state index in [4.69, 9.17) is 10.8 Å². The van der Waals surface area contributed by atoms with Crippen molar-refractivity contribution in [1.29, 1.82) is 0 Å². The Morgan fingerprint density at radius 1 is 1.18 bits per heavy atom. The van der Waals surface area contributed by atoms with E-state index in [1.807, 2.05) is 0 Å². The van der Waals surface area contributed by atoms with Crippen molar-refractivity contribution < 1.29 is 27.9 Å². The Morgan fingerprint density at radius 2 is 1.53 bits per heavy atom. The first-order valence-corrected chi connectivity index (χ1v) is 4.63. The number of aliphatic carboxylic acids is 1.